The van der Waals surface area contributed by atoms with Crippen molar-refractivity contribution < 1.29 is 14.7 Å². The van der Waals surface area contributed by atoms with Gasteiger partial charge in [0.05, 0.1) is 22.3 Å². The van der Waals surface area contributed by atoms with E-state index in [0.717, 1.165) is 0 Å². The molecule has 6 nitrogen and oxygen atoms in total. The van der Waals surface area contributed by atoms with Gasteiger partial charge in [0, 0.05) is 0 Å². The van der Waals surface area contributed by atoms with Crippen LogP contribution in [0.1, 0.15) is 26.3 Å². The van der Waals surface area contributed by atoms with E-state index in [2.05, 4.69) is 10.6 Å². The van der Waals surface area contributed by atoms with Crippen molar-refractivity contribution in [3.63, 3.8) is 0 Å². The molecule has 0 radical (unpaired) electrons. The van der Waals surface area contributed by atoms with Gasteiger partial charge in [0.15, 0.2) is 0 Å². The fourth-order valence-corrected chi connectivity index (χ4v) is 1.79. The van der Waals surface area contributed by atoms with E-state index < -0.39 is 23.5 Å². The second kappa shape index (κ2) is 6.46. The lowest BCUT2D eigenvalue weighted by molar-refractivity contribution is -0.141. The summed E-state index contributed by atoms with van der Waals surface area (Å²) in [4.78, 5) is 23.1. The summed E-state index contributed by atoms with van der Waals surface area (Å²) in [5, 5.41) is 23.0. The van der Waals surface area contributed by atoms with Gasteiger partial charge >= 0.3 is 12.0 Å². The Kier molecular flexibility index (Phi) is 5.17. The average Bonchev–Trinajstić information content (AvgIpc) is 2.37. The first kappa shape index (κ1) is 16.8. The van der Waals surface area contributed by atoms with Gasteiger partial charge in [-0.05, 0) is 23.6 Å². The lowest BCUT2D eigenvalue weighted by atomic mass is 9.87. The molecule has 0 saturated heterocycles. The molecule has 7 heteroatoms. The summed E-state index contributed by atoms with van der Waals surface area (Å²) in [6, 6.07) is 4.57. The number of nitrogens with one attached hydrogen (secondary N) is 2. The number of amides is 2. The number of hydrogen-bond acceptors (Lipinski definition) is 3. The summed E-state index contributed by atoms with van der Waals surface area (Å²) in [6.07, 6.45) is 0. The second-order valence-electron chi connectivity index (χ2n) is 5.54. The van der Waals surface area contributed by atoms with Crippen LogP contribution >= 0.6 is 11.6 Å². The Bertz CT molecular complexity index is 602. The molecule has 0 spiro atoms. The highest BCUT2D eigenvalue weighted by Crippen LogP contribution is 2.23. The maximum absolute atomic E-state index is 11.9. The highest BCUT2D eigenvalue weighted by Gasteiger charge is 2.32. The van der Waals surface area contributed by atoms with Gasteiger partial charge in [-0.15, -0.1) is 0 Å². The van der Waals surface area contributed by atoms with Crippen LogP contribution in [0.15, 0.2) is 18.2 Å². The molecule has 0 saturated carbocycles. The number of urea groups is 1. The maximum atomic E-state index is 11.9. The number of carbonyl (C=O) groups is 2. The fraction of sp³-hybridized carbons (Fsp3) is 0.357. The molecule has 112 valence electrons. The molecule has 1 atom stereocenters. The number of carbonyl (C=O) groups excluding carboxylic acids is 1. The van der Waals surface area contributed by atoms with Crippen LogP contribution in [-0.4, -0.2) is 23.1 Å². The van der Waals surface area contributed by atoms with Gasteiger partial charge in [-0.3, -0.25) is 0 Å². The minimum absolute atomic E-state index is 0.242. The van der Waals surface area contributed by atoms with Crippen molar-refractivity contribution in [2.75, 3.05) is 5.32 Å². The Hall–Kier alpha value is -2.26. The van der Waals surface area contributed by atoms with Crippen molar-refractivity contribution in [3.8, 4) is 6.07 Å². The normalized spacial score (nSPS) is 12.1. The summed E-state index contributed by atoms with van der Waals surface area (Å²) < 4.78 is 0. The van der Waals surface area contributed by atoms with Crippen molar-refractivity contribution in [2.24, 2.45) is 5.41 Å². The van der Waals surface area contributed by atoms with E-state index in [1.54, 1.807) is 20.8 Å². The number of halogens is 1. The first-order chi connectivity index (χ1) is 9.65. The third-order valence-electron chi connectivity index (χ3n) is 2.73. The molecular weight excluding hydrogens is 294 g/mol. The van der Waals surface area contributed by atoms with Crippen LogP contribution in [-0.2, 0) is 4.79 Å². The van der Waals surface area contributed by atoms with Crippen molar-refractivity contribution in [2.45, 2.75) is 26.8 Å². The minimum atomic E-state index is -1.13. The predicted octanol–water partition coefficient (Wildman–Crippen LogP) is 2.83. The standard InChI is InChI=1S/C14H16ClN3O3/c1-14(2,3)11(12(19)20)18-13(21)17-10-6-8(7-16)4-5-9(10)15/h4-6,11H,1-3H3,(H,19,20)(H2,17,18,21)/t11-/m1/s1. The Labute approximate surface area is 127 Å². The fourth-order valence-electron chi connectivity index (χ4n) is 1.63. The number of hydrogen-bond donors (Lipinski definition) is 3. The molecule has 0 heterocycles. The topological polar surface area (TPSA) is 102 Å². The van der Waals surface area contributed by atoms with Crippen LogP contribution in [0.3, 0.4) is 0 Å². The van der Waals surface area contributed by atoms with Crippen LogP contribution in [0, 0.1) is 16.7 Å². The molecule has 1 rings (SSSR count). The lowest BCUT2D eigenvalue weighted by Crippen LogP contribution is -2.50. The van der Waals surface area contributed by atoms with Crippen molar-refractivity contribution in [1.82, 2.24) is 5.32 Å². The summed E-state index contributed by atoms with van der Waals surface area (Å²) in [6.45, 7) is 5.11. The van der Waals surface area contributed by atoms with Gasteiger partial charge in [-0.1, -0.05) is 32.4 Å². The van der Waals surface area contributed by atoms with Crippen molar-refractivity contribution in [1.29, 1.82) is 5.26 Å². The molecular formula is C14H16ClN3O3. The molecule has 3 N–H and O–H groups in total. The van der Waals surface area contributed by atoms with Gasteiger partial charge in [0.25, 0.3) is 0 Å². The van der Waals surface area contributed by atoms with E-state index in [-0.39, 0.29) is 10.7 Å². The predicted molar refractivity (Wildman–Crippen MR) is 79.2 cm³/mol. The molecule has 0 fully saturated rings. The number of benzene rings is 1. The average molecular weight is 310 g/mol. The quantitative estimate of drug-likeness (QED) is 0.798. The van der Waals surface area contributed by atoms with Gasteiger partial charge in [0.2, 0.25) is 0 Å². The molecule has 21 heavy (non-hydrogen) atoms. The number of rotatable bonds is 3. The zero-order valence-corrected chi connectivity index (χ0v) is 12.7. The van der Waals surface area contributed by atoms with Crippen LogP contribution in [0.5, 0.6) is 0 Å². The van der Waals surface area contributed by atoms with Crippen LogP contribution in [0.4, 0.5) is 10.5 Å². The summed E-state index contributed by atoms with van der Waals surface area (Å²) in [5.41, 5.74) is -0.0758. The zero-order valence-electron chi connectivity index (χ0n) is 11.9. The SMILES string of the molecule is CC(C)(C)[C@H](NC(=O)Nc1cc(C#N)ccc1Cl)C(=O)O. The molecule has 0 aliphatic carbocycles. The van der Waals surface area contributed by atoms with E-state index in [1.165, 1.54) is 18.2 Å². The molecule has 0 aliphatic heterocycles. The number of nitriles is 1. The maximum Gasteiger partial charge on any atom is 0.326 e. The number of carboxylic acid groups (broad SMARTS) is 1. The van der Waals surface area contributed by atoms with E-state index in [0.29, 0.717) is 5.56 Å². The van der Waals surface area contributed by atoms with E-state index in [9.17, 15) is 9.59 Å². The monoisotopic (exact) mass is 309 g/mol. The van der Waals surface area contributed by atoms with Gasteiger partial charge in [-0.25, -0.2) is 9.59 Å². The van der Waals surface area contributed by atoms with E-state index >= 15 is 0 Å². The lowest BCUT2D eigenvalue weighted by Gasteiger charge is -2.27. The molecule has 1 aromatic carbocycles. The van der Waals surface area contributed by atoms with Gasteiger partial charge < -0.3 is 15.7 Å². The first-order valence-corrected chi connectivity index (χ1v) is 6.53. The number of nitrogens with zero attached hydrogens (tertiary/aromatic N) is 1. The molecule has 0 aliphatic rings. The molecule has 1 aromatic rings. The smallest absolute Gasteiger partial charge is 0.326 e. The highest BCUT2D eigenvalue weighted by molar-refractivity contribution is 6.33. The van der Waals surface area contributed by atoms with Crippen molar-refractivity contribution in [3.05, 3.63) is 28.8 Å². The Morgan fingerprint density at radius 2 is 2.00 bits per heavy atom. The Balaban J connectivity index is 2.87. The van der Waals surface area contributed by atoms with Crippen LogP contribution in [0.25, 0.3) is 0 Å². The largest absolute Gasteiger partial charge is 0.480 e. The Morgan fingerprint density at radius 1 is 1.38 bits per heavy atom. The summed E-state index contributed by atoms with van der Waals surface area (Å²) >= 11 is 5.92. The van der Waals surface area contributed by atoms with Gasteiger partial charge in [0.1, 0.15) is 6.04 Å². The van der Waals surface area contributed by atoms with E-state index in [1.807, 2.05) is 6.07 Å². The molecule has 0 aromatic heterocycles. The highest BCUT2D eigenvalue weighted by atomic mass is 35.5. The third kappa shape index (κ3) is 4.65. The second-order valence-corrected chi connectivity index (χ2v) is 5.95. The first-order valence-electron chi connectivity index (χ1n) is 6.15. The number of anilines is 1. The van der Waals surface area contributed by atoms with E-state index in [4.69, 9.17) is 22.0 Å². The van der Waals surface area contributed by atoms with Crippen LogP contribution in [0.2, 0.25) is 5.02 Å². The summed E-state index contributed by atoms with van der Waals surface area (Å²) in [5.74, 6) is -1.13. The number of carboxylic acids is 1. The molecule has 0 bridgehead atoms. The summed E-state index contributed by atoms with van der Waals surface area (Å²) in [7, 11) is 0. The molecule has 0 unspecified atom stereocenters. The Morgan fingerprint density at radius 3 is 2.48 bits per heavy atom. The van der Waals surface area contributed by atoms with Crippen molar-refractivity contribution >= 4 is 29.3 Å². The molecule has 2 amide bonds. The number of aliphatic carboxylic acids is 1. The van der Waals surface area contributed by atoms with Gasteiger partial charge in [-0.2, -0.15) is 5.26 Å². The zero-order chi connectivity index (χ0) is 16.2. The minimum Gasteiger partial charge on any atom is -0.480 e. The third-order valence-corrected chi connectivity index (χ3v) is 3.06. The van der Waals surface area contributed by atoms with Crippen LogP contribution < -0.4 is 10.6 Å².